The molecule has 1 aliphatic carbocycles. The van der Waals surface area contributed by atoms with Gasteiger partial charge in [0.15, 0.2) is 12.4 Å². The molecule has 0 aliphatic heterocycles. The van der Waals surface area contributed by atoms with Crippen molar-refractivity contribution in [3.8, 4) is 11.1 Å². The maximum atomic E-state index is 11.5. The van der Waals surface area contributed by atoms with Crippen LogP contribution in [0.2, 0.25) is 0 Å². The predicted molar refractivity (Wildman–Crippen MR) is 83.6 cm³/mol. The largest absolute Gasteiger partial charge is 0.619 e. The van der Waals surface area contributed by atoms with Gasteiger partial charge in [-0.25, -0.2) is 4.79 Å². The number of rotatable bonds is 3. The molecule has 114 valence electrons. The van der Waals surface area contributed by atoms with Gasteiger partial charge in [0, 0.05) is 11.6 Å². The minimum absolute atomic E-state index is 0.0563. The highest BCUT2D eigenvalue weighted by Crippen LogP contribution is 2.38. The van der Waals surface area contributed by atoms with Crippen molar-refractivity contribution in [1.82, 2.24) is 0 Å². The van der Waals surface area contributed by atoms with E-state index in [0.29, 0.717) is 16.2 Å². The number of pyridine rings is 1. The fraction of sp³-hybridized carbons (Fsp3) is 0.333. The van der Waals surface area contributed by atoms with E-state index in [4.69, 9.17) is 0 Å². The van der Waals surface area contributed by atoms with Gasteiger partial charge in [0.2, 0.25) is 0 Å². The molecule has 2 aromatic rings. The number of hydrogen-bond donors (Lipinski definition) is 1. The van der Waals surface area contributed by atoms with Gasteiger partial charge in [-0.15, -0.1) is 0 Å². The molecular weight excluding hydrogens is 278 g/mol. The zero-order valence-electron chi connectivity index (χ0n) is 12.4. The van der Waals surface area contributed by atoms with Crippen LogP contribution in [-0.4, -0.2) is 11.1 Å². The van der Waals surface area contributed by atoms with Crippen molar-refractivity contribution in [3.63, 3.8) is 0 Å². The zero-order valence-corrected chi connectivity index (χ0v) is 12.4. The van der Waals surface area contributed by atoms with Crippen LogP contribution in [0.1, 0.15) is 53.9 Å². The Bertz CT molecular complexity index is 690. The first-order chi connectivity index (χ1) is 10.7. The van der Waals surface area contributed by atoms with Crippen LogP contribution in [0.4, 0.5) is 0 Å². The molecule has 0 bridgehead atoms. The van der Waals surface area contributed by atoms with Crippen LogP contribution in [0.5, 0.6) is 0 Å². The molecule has 0 unspecified atom stereocenters. The van der Waals surface area contributed by atoms with Crippen LogP contribution in [0.25, 0.3) is 11.1 Å². The monoisotopic (exact) mass is 297 g/mol. The van der Waals surface area contributed by atoms with Gasteiger partial charge in [-0.2, -0.15) is 4.73 Å². The molecule has 1 aromatic heterocycles. The van der Waals surface area contributed by atoms with E-state index in [1.54, 1.807) is 6.07 Å². The molecule has 1 saturated carbocycles. The normalized spacial score (nSPS) is 15.6. The summed E-state index contributed by atoms with van der Waals surface area (Å²) in [6.45, 7) is 0. The summed E-state index contributed by atoms with van der Waals surface area (Å²) in [5.41, 5.74) is 2.82. The van der Waals surface area contributed by atoms with Crippen molar-refractivity contribution in [2.45, 2.75) is 38.0 Å². The van der Waals surface area contributed by atoms with Gasteiger partial charge in [0.1, 0.15) is 5.56 Å². The third-order valence-corrected chi connectivity index (χ3v) is 4.46. The van der Waals surface area contributed by atoms with Crippen molar-refractivity contribution < 1.29 is 14.6 Å². The van der Waals surface area contributed by atoms with Gasteiger partial charge in [-0.05, 0) is 29.9 Å². The van der Waals surface area contributed by atoms with E-state index >= 15 is 0 Å². The number of carbonyl (C=O) groups is 1. The van der Waals surface area contributed by atoms with E-state index in [0.717, 1.165) is 24.6 Å². The summed E-state index contributed by atoms with van der Waals surface area (Å²) in [6, 6.07) is 9.59. The van der Waals surface area contributed by atoms with E-state index in [1.165, 1.54) is 31.0 Å². The molecular formula is C18H19NO3. The van der Waals surface area contributed by atoms with E-state index < -0.39 is 5.97 Å². The molecule has 3 rings (SSSR count). The standard InChI is InChI=1S/C18H19NO3/c20-18(21)17-12-19(22)11-10-16(17)15-9-5-4-8-14(15)13-6-2-1-3-7-13/h4-5,8-13H,1-3,6-7H2,(H,20,21). The second kappa shape index (κ2) is 6.18. The highest BCUT2D eigenvalue weighted by Gasteiger charge is 2.22. The number of hydrogen-bond acceptors (Lipinski definition) is 2. The van der Waals surface area contributed by atoms with Crippen molar-refractivity contribution in [2.75, 3.05) is 0 Å². The second-order valence-electron chi connectivity index (χ2n) is 5.86. The van der Waals surface area contributed by atoms with E-state index in [-0.39, 0.29) is 5.56 Å². The molecule has 0 amide bonds. The predicted octanol–water partition coefficient (Wildman–Crippen LogP) is 3.73. The first-order valence-electron chi connectivity index (χ1n) is 7.72. The summed E-state index contributed by atoms with van der Waals surface area (Å²) in [7, 11) is 0. The average molecular weight is 297 g/mol. The summed E-state index contributed by atoms with van der Waals surface area (Å²) >= 11 is 0. The van der Waals surface area contributed by atoms with Crippen LogP contribution < -0.4 is 4.73 Å². The Morgan fingerprint density at radius 2 is 1.82 bits per heavy atom. The highest BCUT2D eigenvalue weighted by atomic mass is 16.5. The molecule has 22 heavy (non-hydrogen) atoms. The lowest BCUT2D eigenvalue weighted by Crippen LogP contribution is -2.26. The van der Waals surface area contributed by atoms with Crippen LogP contribution in [-0.2, 0) is 0 Å². The number of aromatic nitrogens is 1. The van der Waals surface area contributed by atoms with Gasteiger partial charge in [-0.3, -0.25) is 0 Å². The summed E-state index contributed by atoms with van der Waals surface area (Å²) in [5, 5.41) is 20.8. The number of carboxylic acids is 1. The Labute approximate surface area is 129 Å². The summed E-state index contributed by atoms with van der Waals surface area (Å²) in [6.07, 6.45) is 8.51. The Morgan fingerprint density at radius 3 is 2.55 bits per heavy atom. The molecule has 1 aromatic carbocycles. The second-order valence-corrected chi connectivity index (χ2v) is 5.86. The van der Waals surface area contributed by atoms with Crippen molar-refractivity contribution in [2.24, 2.45) is 0 Å². The summed E-state index contributed by atoms with van der Waals surface area (Å²) in [5.74, 6) is -0.593. The molecule has 4 nitrogen and oxygen atoms in total. The van der Waals surface area contributed by atoms with Crippen LogP contribution in [0, 0.1) is 5.21 Å². The maximum Gasteiger partial charge on any atom is 0.342 e. The topological polar surface area (TPSA) is 64.2 Å². The van der Waals surface area contributed by atoms with Crippen molar-refractivity contribution in [3.05, 3.63) is 59.1 Å². The molecule has 4 heteroatoms. The Morgan fingerprint density at radius 1 is 1.09 bits per heavy atom. The molecule has 0 atom stereocenters. The number of nitrogens with zero attached hydrogens (tertiary/aromatic N) is 1. The fourth-order valence-electron chi connectivity index (χ4n) is 3.39. The van der Waals surface area contributed by atoms with Crippen LogP contribution in [0.3, 0.4) is 0 Å². The molecule has 1 fully saturated rings. The highest BCUT2D eigenvalue weighted by molar-refractivity contribution is 5.95. The van der Waals surface area contributed by atoms with Gasteiger partial charge in [-0.1, -0.05) is 43.5 Å². The molecule has 1 aliphatic rings. The van der Waals surface area contributed by atoms with Crippen LogP contribution >= 0.6 is 0 Å². The number of benzene rings is 1. The van der Waals surface area contributed by atoms with E-state index in [9.17, 15) is 15.1 Å². The summed E-state index contributed by atoms with van der Waals surface area (Å²) in [4.78, 5) is 11.5. The van der Waals surface area contributed by atoms with Gasteiger partial charge < -0.3 is 10.3 Å². The Kier molecular flexibility index (Phi) is 4.09. The van der Waals surface area contributed by atoms with E-state index in [2.05, 4.69) is 6.07 Å². The average Bonchev–Trinajstić information content (AvgIpc) is 2.55. The SMILES string of the molecule is O=C(O)c1c[n+]([O-])ccc1-c1ccccc1C1CCCCC1. The Balaban J connectivity index is 2.11. The van der Waals surface area contributed by atoms with E-state index in [1.807, 2.05) is 18.2 Å². The van der Waals surface area contributed by atoms with Crippen molar-refractivity contribution >= 4 is 5.97 Å². The molecule has 0 radical (unpaired) electrons. The minimum atomic E-state index is -1.07. The molecule has 1 heterocycles. The van der Waals surface area contributed by atoms with Gasteiger partial charge in [0.05, 0.1) is 0 Å². The quantitative estimate of drug-likeness (QED) is 0.693. The molecule has 0 spiro atoms. The molecule has 0 saturated heterocycles. The Hall–Kier alpha value is -2.36. The first kappa shape index (κ1) is 14.6. The smallest absolute Gasteiger partial charge is 0.342 e. The first-order valence-corrected chi connectivity index (χ1v) is 7.72. The van der Waals surface area contributed by atoms with Crippen molar-refractivity contribution in [1.29, 1.82) is 0 Å². The fourth-order valence-corrected chi connectivity index (χ4v) is 3.39. The lowest BCUT2D eigenvalue weighted by atomic mass is 9.80. The lowest BCUT2D eigenvalue weighted by molar-refractivity contribution is -0.605. The minimum Gasteiger partial charge on any atom is -0.619 e. The third kappa shape index (κ3) is 2.82. The maximum absolute atomic E-state index is 11.5. The van der Waals surface area contributed by atoms with Gasteiger partial charge >= 0.3 is 5.97 Å². The summed E-state index contributed by atoms with van der Waals surface area (Å²) < 4.78 is 0.538. The number of carboxylic acid groups (broad SMARTS) is 1. The van der Waals surface area contributed by atoms with Gasteiger partial charge in [0.25, 0.3) is 0 Å². The third-order valence-electron chi connectivity index (χ3n) is 4.46. The van der Waals surface area contributed by atoms with Crippen LogP contribution in [0.15, 0.2) is 42.7 Å². The zero-order chi connectivity index (χ0) is 15.5. The number of aromatic carboxylic acids is 1. The lowest BCUT2D eigenvalue weighted by Gasteiger charge is -2.24. The molecule has 1 N–H and O–H groups in total.